The number of amides is 2. The molecule has 6 heteroatoms. The number of benzene rings is 2. The fraction of sp³-hybridized carbons (Fsp3) is 0.286. The Hall–Kier alpha value is -3.15. The summed E-state index contributed by atoms with van der Waals surface area (Å²) in [7, 11) is 0. The molecule has 0 aliphatic heterocycles. The van der Waals surface area contributed by atoms with Crippen LogP contribution in [0.4, 0.5) is 5.69 Å². The number of rotatable bonds is 8. The lowest BCUT2D eigenvalue weighted by Crippen LogP contribution is -2.24. The van der Waals surface area contributed by atoms with Crippen molar-refractivity contribution in [1.29, 1.82) is 0 Å². The lowest BCUT2D eigenvalue weighted by atomic mass is 10.1. The lowest BCUT2D eigenvalue weighted by molar-refractivity contribution is -0.131. The second-order valence-corrected chi connectivity index (χ2v) is 6.11. The molecule has 2 aromatic carbocycles. The fourth-order valence-corrected chi connectivity index (χ4v) is 2.49. The minimum Gasteiger partial charge on any atom is -0.427 e. The molecule has 27 heavy (non-hydrogen) atoms. The summed E-state index contributed by atoms with van der Waals surface area (Å²) in [4.78, 5) is 35.4. The average Bonchev–Trinajstić information content (AvgIpc) is 2.65. The molecule has 2 amide bonds. The van der Waals surface area contributed by atoms with Gasteiger partial charge in [-0.2, -0.15) is 0 Å². The smallest absolute Gasteiger partial charge is 0.308 e. The number of ether oxygens (including phenoxy) is 1. The lowest BCUT2D eigenvalue weighted by Gasteiger charge is -2.12. The van der Waals surface area contributed by atoms with E-state index in [1.807, 2.05) is 31.2 Å². The van der Waals surface area contributed by atoms with Crippen molar-refractivity contribution in [2.75, 3.05) is 5.32 Å². The van der Waals surface area contributed by atoms with Crippen LogP contribution in [0.15, 0.2) is 48.5 Å². The molecule has 2 rings (SSSR count). The molecule has 0 aliphatic rings. The molecule has 2 aromatic rings. The zero-order valence-electron chi connectivity index (χ0n) is 15.6. The molecule has 0 heterocycles. The Kier molecular flexibility index (Phi) is 7.55. The first kappa shape index (κ1) is 20.2. The van der Waals surface area contributed by atoms with Gasteiger partial charge in [-0.1, -0.05) is 37.6 Å². The topological polar surface area (TPSA) is 84.5 Å². The molecule has 0 spiro atoms. The van der Waals surface area contributed by atoms with E-state index in [2.05, 4.69) is 10.6 Å². The normalized spacial score (nSPS) is 10.1. The van der Waals surface area contributed by atoms with Crippen LogP contribution in [-0.4, -0.2) is 17.8 Å². The van der Waals surface area contributed by atoms with Crippen LogP contribution in [0.1, 0.15) is 49.0 Å². The number of carbonyl (C=O) groups is 3. The minimum absolute atomic E-state index is 0.0373. The summed E-state index contributed by atoms with van der Waals surface area (Å²) in [6.45, 7) is 3.60. The predicted molar refractivity (Wildman–Crippen MR) is 104 cm³/mol. The van der Waals surface area contributed by atoms with Crippen LogP contribution in [-0.2, 0) is 16.1 Å². The zero-order valence-corrected chi connectivity index (χ0v) is 15.6. The van der Waals surface area contributed by atoms with Gasteiger partial charge in [0.2, 0.25) is 5.91 Å². The van der Waals surface area contributed by atoms with Gasteiger partial charge < -0.3 is 15.4 Å². The van der Waals surface area contributed by atoms with Crippen molar-refractivity contribution in [3.8, 4) is 5.75 Å². The maximum atomic E-state index is 12.4. The van der Waals surface area contributed by atoms with Gasteiger partial charge in [0.15, 0.2) is 0 Å². The second-order valence-electron chi connectivity index (χ2n) is 6.11. The fourth-order valence-electron chi connectivity index (χ4n) is 2.49. The van der Waals surface area contributed by atoms with Crippen molar-refractivity contribution in [3.05, 3.63) is 59.7 Å². The number of nitrogens with one attached hydrogen (secondary N) is 2. The van der Waals surface area contributed by atoms with E-state index in [0.717, 1.165) is 18.4 Å². The molecular formula is C21H24N2O4. The van der Waals surface area contributed by atoms with Crippen LogP contribution >= 0.6 is 0 Å². The van der Waals surface area contributed by atoms with Crippen molar-refractivity contribution >= 4 is 23.5 Å². The van der Waals surface area contributed by atoms with E-state index < -0.39 is 5.97 Å². The van der Waals surface area contributed by atoms with Crippen molar-refractivity contribution in [2.24, 2.45) is 0 Å². The van der Waals surface area contributed by atoms with E-state index >= 15 is 0 Å². The van der Waals surface area contributed by atoms with Crippen LogP contribution in [0.5, 0.6) is 5.75 Å². The van der Waals surface area contributed by atoms with Crippen LogP contribution in [0.2, 0.25) is 0 Å². The minimum atomic E-state index is -0.444. The maximum Gasteiger partial charge on any atom is 0.308 e. The van der Waals surface area contributed by atoms with Gasteiger partial charge in [0, 0.05) is 31.1 Å². The molecule has 0 atom stereocenters. The SMILES string of the molecule is CCCCC(=O)Nc1ccccc1CNC(=O)c1cccc(OC(C)=O)c1. The standard InChI is InChI=1S/C21H24N2O4/c1-3-4-12-20(25)23-19-11-6-5-8-17(19)14-22-21(26)16-9-7-10-18(13-16)27-15(2)24/h5-11,13H,3-4,12,14H2,1-2H3,(H,22,26)(H,23,25). The van der Waals surface area contributed by atoms with E-state index in [1.54, 1.807) is 18.2 Å². The third kappa shape index (κ3) is 6.58. The first-order valence-corrected chi connectivity index (χ1v) is 8.94. The van der Waals surface area contributed by atoms with E-state index in [0.29, 0.717) is 23.4 Å². The van der Waals surface area contributed by atoms with Gasteiger partial charge in [-0.05, 0) is 36.2 Å². The Morgan fingerprint density at radius 3 is 2.56 bits per heavy atom. The molecule has 0 saturated heterocycles. The van der Waals surface area contributed by atoms with E-state index in [-0.39, 0.29) is 18.4 Å². The largest absolute Gasteiger partial charge is 0.427 e. The van der Waals surface area contributed by atoms with Gasteiger partial charge in [-0.15, -0.1) is 0 Å². The predicted octanol–water partition coefficient (Wildman–Crippen LogP) is 3.67. The molecule has 0 aliphatic carbocycles. The average molecular weight is 368 g/mol. The summed E-state index contributed by atoms with van der Waals surface area (Å²) in [5, 5.41) is 5.71. The highest BCUT2D eigenvalue weighted by molar-refractivity contribution is 5.95. The number of anilines is 1. The molecule has 0 fully saturated rings. The summed E-state index contributed by atoms with van der Waals surface area (Å²) in [6, 6.07) is 13.8. The molecule has 0 bridgehead atoms. The Labute approximate surface area is 158 Å². The van der Waals surface area contributed by atoms with Crippen molar-refractivity contribution in [1.82, 2.24) is 5.32 Å². The third-order valence-electron chi connectivity index (χ3n) is 3.85. The monoisotopic (exact) mass is 368 g/mol. The number of carbonyl (C=O) groups excluding carboxylic acids is 3. The van der Waals surface area contributed by atoms with Crippen LogP contribution in [0.25, 0.3) is 0 Å². The summed E-state index contributed by atoms with van der Waals surface area (Å²) in [6.07, 6.45) is 2.26. The molecule has 0 radical (unpaired) electrons. The first-order valence-electron chi connectivity index (χ1n) is 8.94. The Morgan fingerprint density at radius 1 is 1.04 bits per heavy atom. The first-order chi connectivity index (χ1) is 13.0. The Balaban J connectivity index is 2.01. The summed E-state index contributed by atoms with van der Waals surface area (Å²) < 4.78 is 5.00. The molecule has 142 valence electrons. The Morgan fingerprint density at radius 2 is 1.81 bits per heavy atom. The van der Waals surface area contributed by atoms with Gasteiger partial charge in [0.1, 0.15) is 5.75 Å². The van der Waals surface area contributed by atoms with Crippen LogP contribution < -0.4 is 15.4 Å². The molecule has 6 nitrogen and oxygen atoms in total. The summed E-state index contributed by atoms with van der Waals surface area (Å²) in [5.74, 6) is -0.458. The quantitative estimate of drug-likeness (QED) is 0.550. The van der Waals surface area contributed by atoms with Crippen molar-refractivity contribution in [2.45, 2.75) is 39.7 Å². The molecule has 2 N–H and O–H groups in total. The number of unbranched alkanes of at least 4 members (excludes halogenated alkanes) is 1. The van der Waals surface area contributed by atoms with Gasteiger partial charge in [0.05, 0.1) is 0 Å². The number of hydrogen-bond donors (Lipinski definition) is 2. The van der Waals surface area contributed by atoms with E-state index in [9.17, 15) is 14.4 Å². The molecular weight excluding hydrogens is 344 g/mol. The van der Waals surface area contributed by atoms with Gasteiger partial charge in [-0.25, -0.2) is 0 Å². The van der Waals surface area contributed by atoms with E-state index in [4.69, 9.17) is 4.74 Å². The van der Waals surface area contributed by atoms with Crippen LogP contribution in [0.3, 0.4) is 0 Å². The molecule has 0 unspecified atom stereocenters. The zero-order chi connectivity index (χ0) is 19.6. The maximum absolute atomic E-state index is 12.4. The van der Waals surface area contributed by atoms with Crippen molar-refractivity contribution < 1.29 is 19.1 Å². The van der Waals surface area contributed by atoms with Gasteiger partial charge in [0.25, 0.3) is 5.91 Å². The molecule has 0 saturated carbocycles. The number of hydrogen-bond acceptors (Lipinski definition) is 4. The number of esters is 1. The highest BCUT2D eigenvalue weighted by Crippen LogP contribution is 2.17. The highest BCUT2D eigenvalue weighted by Gasteiger charge is 2.10. The number of para-hydroxylation sites is 1. The van der Waals surface area contributed by atoms with Gasteiger partial charge >= 0.3 is 5.97 Å². The summed E-state index contributed by atoms with van der Waals surface area (Å²) in [5.41, 5.74) is 1.89. The Bertz CT molecular complexity index is 817. The second kappa shape index (κ2) is 10.1. The third-order valence-corrected chi connectivity index (χ3v) is 3.85. The summed E-state index contributed by atoms with van der Waals surface area (Å²) >= 11 is 0. The van der Waals surface area contributed by atoms with E-state index in [1.165, 1.54) is 13.0 Å². The van der Waals surface area contributed by atoms with Crippen molar-refractivity contribution in [3.63, 3.8) is 0 Å². The van der Waals surface area contributed by atoms with Gasteiger partial charge in [-0.3, -0.25) is 14.4 Å². The van der Waals surface area contributed by atoms with Crippen LogP contribution in [0, 0.1) is 0 Å². The highest BCUT2D eigenvalue weighted by atomic mass is 16.5. The molecule has 0 aromatic heterocycles.